The van der Waals surface area contributed by atoms with Crippen LogP contribution in [0.15, 0.2) is 54.6 Å². The average molecular weight is 282 g/mol. The van der Waals surface area contributed by atoms with Gasteiger partial charge < -0.3 is 9.47 Å². The van der Waals surface area contributed by atoms with Gasteiger partial charge in [0.25, 0.3) is 0 Å². The molecule has 1 aliphatic rings. The number of rotatable bonds is 4. The Kier molecular flexibility index (Phi) is 3.73. The van der Waals surface area contributed by atoms with E-state index in [2.05, 4.69) is 51.1 Å². The maximum atomic E-state index is 6.36. The van der Waals surface area contributed by atoms with Gasteiger partial charge in [0.15, 0.2) is 6.10 Å². The largest absolute Gasteiger partial charge is 0.483 e. The molecule has 2 atom stereocenters. The SMILES string of the molecule is CC(C)(C)c1ccccc1OC(c1ccccc1)C1CO1. The Labute approximate surface area is 126 Å². The van der Waals surface area contributed by atoms with Crippen LogP contribution in [-0.2, 0) is 10.2 Å². The standard InChI is InChI=1S/C19H22O2/c1-19(2,3)15-11-7-8-12-16(15)21-18(17-13-20-17)14-9-5-4-6-10-14/h4-12,17-18H,13H2,1-3H3. The predicted octanol–water partition coefficient (Wildman–Crippen LogP) is 4.50. The number of hydrogen-bond donors (Lipinski definition) is 0. The number of epoxide rings is 1. The summed E-state index contributed by atoms with van der Waals surface area (Å²) in [7, 11) is 0. The van der Waals surface area contributed by atoms with Gasteiger partial charge in [-0.1, -0.05) is 69.3 Å². The summed E-state index contributed by atoms with van der Waals surface area (Å²) in [4.78, 5) is 0. The molecule has 1 aliphatic heterocycles. The summed E-state index contributed by atoms with van der Waals surface area (Å²) in [5.41, 5.74) is 2.46. The van der Waals surface area contributed by atoms with Crippen LogP contribution < -0.4 is 4.74 Å². The van der Waals surface area contributed by atoms with Gasteiger partial charge in [-0.05, 0) is 22.6 Å². The third-order valence-electron chi connectivity index (χ3n) is 3.77. The number of para-hydroxylation sites is 1. The zero-order valence-electron chi connectivity index (χ0n) is 12.9. The van der Waals surface area contributed by atoms with Crippen LogP contribution in [0.4, 0.5) is 0 Å². The van der Waals surface area contributed by atoms with Gasteiger partial charge in [-0.3, -0.25) is 0 Å². The van der Waals surface area contributed by atoms with E-state index in [0.717, 1.165) is 12.4 Å². The van der Waals surface area contributed by atoms with Crippen molar-refractivity contribution < 1.29 is 9.47 Å². The molecule has 2 heteroatoms. The van der Waals surface area contributed by atoms with Gasteiger partial charge in [-0.2, -0.15) is 0 Å². The zero-order valence-corrected chi connectivity index (χ0v) is 12.9. The minimum absolute atomic E-state index is 0.0327. The minimum atomic E-state index is -0.0327. The summed E-state index contributed by atoms with van der Waals surface area (Å²) < 4.78 is 11.9. The highest BCUT2D eigenvalue weighted by Gasteiger charge is 2.36. The molecule has 1 fully saturated rings. The first kappa shape index (κ1) is 14.2. The van der Waals surface area contributed by atoms with Crippen LogP contribution in [0.3, 0.4) is 0 Å². The molecular formula is C19H22O2. The lowest BCUT2D eigenvalue weighted by Crippen LogP contribution is -2.18. The Morgan fingerprint density at radius 1 is 1.00 bits per heavy atom. The second kappa shape index (κ2) is 5.53. The molecule has 2 aromatic rings. The van der Waals surface area contributed by atoms with E-state index < -0.39 is 0 Å². The molecule has 1 saturated heterocycles. The summed E-state index contributed by atoms with van der Waals surface area (Å²) in [6.45, 7) is 7.40. The molecule has 1 heterocycles. The van der Waals surface area contributed by atoms with Crippen LogP contribution in [0.2, 0.25) is 0 Å². The Bertz CT molecular complexity index is 594. The van der Waals surface area contributed by atoms with E-state index in [1.807, 2.05) is 24.3 Å². The summed E-state index contributed by atoms with van der Waals surface area (Å²) >= 11 is 0. The highest BCUT2D eigenvalue weighted by atomic mass is 16.6. The smallest absolute Gasteiger partial charge is 0.152 e. The molecular weight excluding hydrogens is 260 g/mol. The molecule has 2 nitrogen and oxygen atoms in total. The Hall–Kier alpha value is -1.80. The van der Waals surface area contributed by atoms with E-state index in [1.54, 1.807) is 0 Å². The van der Waals surface area contributed by atoms with Crippen LogP contribution in [-0.4, -0.2) is 12.7 Å². The number of hydrogen-bond acceptors (Lipinski definition) is 2. The lowest BCUT2D eigenvalue weighted by atomic mass is 9.86. The van der Waals surface area contributed by atoms with E-state index in [4.69, 9.17) is 9.47 Å². The molecule has 0 radical (unpaired) electrons. The monoisotopic (exact) mass is 282 g/mol. The molecule has 0 bridgehead atoms. The molecule has 3 rings (SSSR count). The van der Waals surface area contributed by atoms with Crippen molar-refractivity contribution in [3.8, 4) is 5.75 Å². The number of ether oxygens (including phenoxy) is 2. The molecule has 2 unspecified atom stereocenters. The van der Waals surface area contributed by atoms with Crippen molar-refractivity contribution in [1.82, 2.24) is 0 Å². The molecule has 0 aliphatic carbocycles. The molecule has 2 aromatic carbocycles. The first-order valence-corrected chi connectivity index (χ1v) is 7.48. The Balaban J connectivity index is 1.91. The van der Waals surface area contributed by atoms with Crippen molar-refractivity contribution in [3.63, 3.8) is 0 Å². The van der Waals surface area contributed by atoms with Crippen molar-refractivity contribution in [1.29, 1.82) is 0 Å². The van der Waals surface area contributed by atoms with Crippen LogP contribution in [0, 0.1) is 0 Å². The van der Waals surface area contributed by atoms with Crippen molar-refractivity contribution in [2.45, 2.75) is 38.4 Å². The van der Waals surface area contributed by atoms with Crippen molar-refractivity contribution in [2.75, 3.05) is 6.61 Å². The summed E-state index contributed by atoms with van der Waals surface area (Å²) in [6, 6.07) is 18.6. The lowest BCUT2D eigenvalue weighted by molar-refractivity contribution is 0.158. The maximum absolute atomic E-state index is 6.36. The third-order valence-corrected chi connectivity index (χ3v) is 3.77. The molecule has 21 heavy (non-hydrogen) atoms. The fraction of sp³-hybridized carbons (Fsp3) is 0.368. The van der Waals surface area contributed by atoms with Gasteiger partial charge in [0.05, 0.1) is 6.61 Å². The average Bonchev–Trinajstić information content (AvgIpc) is 3.30. The van der Waals surface area contributed by atoms with Gasteiger partial charge in [0.1, 0.15) is 11.9 Å². The molecule has 0 amide bonds. The van der Waals surface area contributed by atoms with Crippen molar-refractivity contribution in [2.24, 2.45) is 0 Å². The Morgan fingerprint density at radius 3 is 2.24 bits per heavy atom. The molecule has 110 valence electrons. The van der Waals surface area contributed by atoms with E-state index in [1.165, 1.54) is 11.1 Å². The van der Waals surface area contributed by atoms with Gasteiger partial charge in [-0.15, -0.1) is 0 Å². The first-order valence-electron chi connectivity index (χ1n) is 7.48. The van der Waals surface area contributed by atoms with E-state index in [9.17, 15) is 0 Å². The molecule has 0 N–H and O–H groups in total. The number of benzene rings is 2. The van der Waals surface area contributed by atoms with Gasteiger partial charge >= 0.3 is 0 Å². The zero-order chi connectivity index (χ0) is 14.9. The van der Waals surface area contributed by atoms with Crippen LogP contribution >= 0.6 is 0 Å². The second-order valence-electron chi connectivity index (χ2n) is 6.57. The van der Waals surface area contributed by atoms with Gasteiger partial charge in [-0.25, -0.2) is 0 Å². The van der Waals surface area contributed by atoms with Crippen molar-refractivity contribution in [3.05, 3.63) is 65.7 Å². The minimum Gasteiger partial charge on any atom is -0.483 e. The summed E-state index contributed by atoms with van der Waals surface area (Å²) in [5, 5.41) is 0. The highest BCUT2D eigenvalue weighted by molar-refractivity contribution is 5.39. The highest BCUT2D eigenvalue weighted by Crippen LogP contribution is 2.37. The maximum Gasteiger partial charge on any atom is 0.152 e. The van der Waals surface area contributed by atoms with E-state index in [-0.39, 0.29) is 17.6 Å². The van der Waals surface area contributed by atoms with Crippen LogP contribution in [0.5, 0.6) is 5.75 Å². The summed E-state index contributed by atoms with van der Waals surface area (Å²) in [5.74, 6) is 0.953. The quantitative estimate of drug-likeness (QED) is 0.770. The fourth-order valence-corrected chi connectivity index (χ4v) is 2.56. The summed E-state index contributed by atoms with van der Waals surface area (Å²) in [6.07, 6.45) is 0.134. The Morgan fingerprint density at radius 2 is 1.62 bits per heavy atom. The van der Waals surface area contributed by atoms with Crippen LogP contribution in [0.1, 0.15) is 38.0 Å². The lowest BCUT2D eigenvalue weighted by Gasteiger charge is -2.25. The van der Waals surface area contributed by atoms with Crippen molar-refractivity contribution >= 4 is 0 Å². The normalized spacial score (nSPS) is 19.1. The predicted molar refractivity (Wildman–Crippen MR) is 84.7 cm³/mol. The second-order valence-corrected chi connectivity index (χ2v) is 6.57. The molecule has 0 spiro atoms. The van der Waals surface area contributed by atoms with E-state index >= 15 is 0 Å². The first-order chi connectivity index (χ1) is 10.1. The van der Waals surface area contributed by atoms with Crippen LogP contribution in [0.25, 0.3) is 0 Å². The fourth-order valence-electron chi connectivity index (χ4n) is 2.56. The van der Waals surface area contributed by atoms with Gasteiger partial charge in [0, 0.05) is 0 Å². The molecule has 0 saturated carbocycles. The molecule has 0 aromatic heterocycles. The van der Waals surface area contributed by atoms with Gasteiger partial charge in [0.2, 0.25) is 0 Å². The third kappa shape index (κ3) is 3.27. The topological polar surface area (TPSA) is 21.8 Å². The van der Waals surface area contributed by atoms with E-state index in [0.29, 0.717) is 0 Å².